The van der Waals surface area contributed by atoms with E-state index in [1.165, 1.54) is 0 Å². The topological polar surface area (TPSA) is 34.1 Å². The number of ketones is 1. The standard InChI is InChI=1S/C13H15O2/c1-2-13(15)9-12(10-14)8-11-6-4-3-5-7-11/h3-7,12H,2,8-9H2,1H3. The molecular formula is C13H15O2. The maximum Gasteiger partial charge on any atom is 0.202 e. The summed E-state index contributed by atoms with van der Waals surface area (Å²) in [6, 6.07) is 9.71. The molecule has 1 atom stereocenters. The van der Waals surface area contributed by atoms with Crippen LogP contribution in [-0.4, -0.2) is 12.1 Å². The third-order valence-electron chi connectivity index (χ3n) is 2.36. The first-order chi connectivity index (χ1) is 7.26. The zero-order valence-corrected chi connectivity index (χ0v) is 8.90. The average molecular weight is 203 g/mol. The van der Waals surface area contributed by atoms with Gasteiger partial charge >= 0.3 is 0 Å². The molecule has 0 bridgehead atoms. The van der Waals surface area contributed by atoms with Gasteiger partial charge in [0, 0.05) is 18.8 Å². The lowest BCUT2D eigenvalue weighted by Crippen LogP contribution is -2.11. The number of Topliss-reactive ketones (excluding diaryl/α,β-unsaturated/α-hetero) is 1. The molecule has 0 aromatic heterocycles. The highest BCUT2D eigenvalue weighted by Crippen LogP contribution is 2.11. The van der Waals surface area contributed by atoms with Crippen molar-refractivity contribution in [2.24, 2.45) is 5.92 Å². The Morgan fingerprint density at radius 1 is 1.33 bits per heavy atom. The predicted molar refractivity (Wildman–Crippen MR) is 59.2 cm³/mol. The molecule has 0 amide bonds. The lowest BCUT2D eigenvalue weighted by atomic mass is 9.95. The van der Waals surface area contributed by atoms with Gasteiger partial charge in [-0.2, -0.15) is 0 Å². The Bertz CT molecular complexity index is 317. The van der Waals surface area contributed by atoms with Gasteiger partial charge in [-0.3, -0.25) is 9.59 Å². The number of carbonyl (C=O) groups is 1. The number of hydrogen-bond acceptors (Lipinski definition) is 2. The van der Waals surface area contributed by atoms with E-state index in [1.54, 1.807) is 0 Å². The van der Waals surface area contributed by atoms with Crippen molar-refractivity contribution in [3.05, 3.63) is 35.9 Å². The van der Waals surface area contributed by atoms with E-state index in [2.05, 4.69) is 0 Å². The lowest BCUT2D eigenvalue weighted by Gasteiger charge is -2.07. The molecule has 0 aliphatic carbocycles. The van der Waals surface area contributed by atoms with E-state index in [0.717, 1.165) is 5.56 Å². The molecule has 1 radical (unpaired) electrons. The minimum absolute atomic E-state index is 0.124. The van der Waals surface area contributed by atoms with Gasteiger partial charge in [-0.15, -0.1) is 0 Å². The Kier molecular flexibility index (Phi) is 4.75. The van der Waals surface area contributed by atoms with Gasteiger partial charge in [0.25, 0.3) is 0 Å². The third-order valence-corrected chi connectivity index (χ3v) is 2.36. The van der Waals surface area contributed by atoms with Crippen LogP contribution < -0.4 is 0 Å². The van der Waals surface area contributed by atoms with Crippen LogP contribution in [0.2, 0.25) is 0 Å². The second-order valence-electron chi connectivity index (χ2n) is 3.60. The van der Waals surface area contributed by atoms with E-state index in [-0.39, 0.29) is 11.7 Å². The second kappa shape index (κ2) is 6.12. The summed E-state index contributed by atoms with van der Waals surface area (Å²) in [7, 11) is 0. The van der Waals surface area contributed by atoms with E-state index in [1.807, 2.05) is 43.5 Å². The van der Waals surface area contributed by atoms with Crippen molar-refractivity contribution in [1.82, 2.24) is 0 Å². The highest BCUT2D eigenvalue weighted by atomic mass is 16.1. The monoisotopic (exact) mass is 203 g/mol. The number of carbonyl (C=O) groups excluding carboxylic acids is 2. The second-order valence-corrected chi connectivity index (χ2v) is 3.60. The molecule has 1 rings (SSSR count). The smallest absolute Gasteiger partial charge is 0.202 e. The summed E-state index contributed by atoms with van der Waals surface area (Å²) in [5.74, 6) is -0.167. The first-order valence-electron chi connectivity index (χ1n) is 5.19. The SMILES string of the molecule is CCC(=O)CC([C]=O)Cc1ccccc1. The first kappa shape index (κ1) is 11.6. The van der Waals surface area contributed by atoms with Crippen molar-refractivity contribution < 1.29 is 9.59 Å². The van der Waals surface area contributed by atoms with Crippen LogP contribution >= 0.6 is 0 Å². The van der Waals surface area contributed by atoms with Gasteiger partial charge in [-0.1, -0.05) is 37.3 Å². The lowest BCUT2D eigenvalue weighted by molar-refractivity contribution is -0.119. The fraction of sp³-hybridized carbons (Fsp3) is 0.385. The Balaban J connectivity index is 2.54. The Morgan fingerprint density at radius 3 is 2.53 bits per heavy atom. The summed E-state index contributed by atoms with van der Waals surface area (Å²) < 4.78 is 0. The molecule has 1 unspecified atom stereocenters. The normalized spacial score (nSPS) is 12.1. The summed E-state index contributed by atoms with van der Waals surface area (Å²) in [5, 5.41) is 0. The molecule has 0 fully saturated rings. The zero-order chi connectivity index (χ0) is 11.1. The molecule has 0 saturated heterocycles. The van der Waals surface area contributed by atoms with Gasteiger partial charge in [0.1, 0.15) is 5.78 Å². The van der Waals surface area contributed by atoms with Crippen molar-refractivity contribution >= 4 is 12.1 Å². The third kappa shape index (κ3) is 4.07. The maximum atomic E-state index is 11.2. The Morgan fingerprint density at radius 2 is 2.00 bits per heavy atom. The van der Waals surface area contributed by atoms with E-state index in [9.17, 15) is 9.59 Å². The van der Waals surface area contributed by atoms with Crippen LogP contribution in [0.15, 0.2) is 30.3 Å². The van der Waals surface area contributed by atoms with Crippen LogP contribution in [0.25, 0.3) is 0 Å². The average Bonchev–Trinajstić information content (AvgIpc) is 2.29. The van der Waals surface area contributed by atoms with Crippen molar-refractivity contribution in [2.45, 2.75) is 26.2 Å². The van der Waals surface area contributed by atoms with Gasteiger partial charge in [0.05, 0.1) is 0 Å². The quantitative estimate of drug-likeness (QED) is 0.711. The van der Waals surface area contributed by atoms with Crippen LogP contribution in [0.1, 0.15) is 25.3 Å². The largest absolute Gasteiger partial charge is 0.300 e. The van der Waals surface area contributed by atoms with Crippen LogP contribution in [0, 0.1) is 5.92 Å². The molecule has 79 valence electrons. The molecule has 2 heteroatoms. The van der Waals surface area contributed by atoms with Crippen LogP contribution in [0.3, 0.4) is 0 Å². The van der Waals surface area contributed by atoms with Gasteiger partial charge < -0.3 is 0 Å². The number of benzene rings is 1. The molecule has 0 saturated carbocycles. The van der Waals surface area contributed by atoms with Crippen molar-refractivity contribution in [3.8, 4) is 0 Å². The molecule has 0 aliphatic heterocycles. The summed E-state index contributed by atoms with van der Waals surface area (Å²) in [4.78, 5) is 21.9. The van der Waals surface area contributed by atoms with E-state index in [0.29, 0.717) is 19.3 Å². The van der Waals surface area contributed by atoms with Crippen LogP contribution in [-0.2, 0) is 16.0 Å². The van der Waals surface area contributed by atoms with Crippen LogP contribution in [0.5, 0.6) is 0 Å². The molecule has 0 heterocycles. The Labute approximate surface area is 90.3 Å². The molecule has 1 aromatic rings. The minimum atomic E-state index is -0.292. The summed E-state index contributed by atoms with van der Waals surface area (Å²) in [6.07, 6.45) is 3.36. The van der Waals surface area contributed by atoms with E-state index >= 15 is 0 Å². The van der Waals surface area contributed by atoms with E-state index < -0.39 is 0 Å². The Hall–Kier alpha value is -1.44. The number of rotatable bonds is 6. The van der Waals surface area contributed by atoms with Gasteiger partial charge in [0.15, 0.2) is 0 Å². The zero-order valence-electron chi connectivity index (χ0n) is 8.90. The molecule has 1 aromatic carbocycles. The highest BCUT2D eigenvalue weighted by molar-refractivity contribution is 5.81. The van der Waals surface area contributed by atoms with Crippen molar-refractivity contribution in [1.29, 1.82) is 0 Å². The van der Waals surface area contributed by atoms with Crippen LogP contribution in [0.4, 0.5) is 0 Å². The number of hydrogen-bond donors (Lipinski definition) is 0. The van der Waals surface area contributed by atoms with Gasteiger partial charge in [-0.05, 0) is 12.0 Å². The fourth-order valence-corrected chi connectivity index (χ4v) is 1.47. The van der Waals surface area contributed by atoms with Crippen molar-refractivity contribution in [2.75, 3.05) is 0 Å². The highest BCUT2D eigenvalue weighted by Gasteiger charge is 2.13. The summed E-state index contributed by atoms with van der Waals surface area (Å²) in [5.41, 5.74) is 1.08. The van der Waals surface area contributed by atoms with E-state index in [4.69, 9.17) is 0 Å². The first-order valence-corrected chi connectivity index (χ1v) is 5.19. The summed E-state index contributed by atoms with van der Waals surface area (Å²) >= 11 is 0. The molecular weight excluding hydrogens is 188 g/mol. The fourth-order valence-electron chi connectivity index (χ4n) is 1.47. The molecule has 0 spiro atoms. The molecule has 15 heavy (non-hydrogen) atoms. The predicted octanol–water partition coefficient (Wildman–Crippen LogP) is 2.32. The summed E-state index contributed by atoms with van der Waals surface area (Å²) in [6.45, 7) is 1.81. The molecule has 2 nitrogen and oxygen atoms in total. The molecule has 0 N–H and O–H groups in total. The van der Waals surface area contributed by atoms with Gasteiger partial charge in [-0.25, -0.2) is 0 Å². The maximum absolute atomic E-state index is 11.2. The minimum Gasteiger partial charge on any atom is -0.300 e. The molecule has 0 aliphatic rings. The van der Waals surface area contributed by atoms with Gasteiger partial charge in [0.2, 0.25) is 6.29 Å². The van der Waals surface area contributed by atoms with Crippen molar-refractivity contribution in [3.63, 3.8) is 0 Å².